The number of ketones is 1. The first-order valence-corrected chi connectivity index (χ1v) is 5.35. The molecule has 18 heavy (non-hydrogen) atoms. The van der Waals surface area contributed by atoms with Crippen LogP contribution in [0.1, 0.15) is 23.1 Å². The summed E-state index contributed by atoms with van der Waals surface area (Å²) in [6.07, 6.45) is 3.02. The minimum Gasteiger partial charge on any atom is -0.396 e. The average Bonchev–Trinajstić information content (AvgIpc) is 2.81. The quantitative estimate of drug-likeness (QED) is 0.670. The van der Waals surface area contributed by atoms with Crippen LogP contribution in [-0.2, 0) is 6.54 Å². The molecule has 0 bridgehead atoms. The molecule has 0 saturated heterocycles. The Hall–Kier alpha value is -2.24. The summed E-state index contributed by atoms with van der Waals surface area (Å²) in [5.74, 6) is -2.31. The van der Waals surface area contributed by atoms with E-state index in [2.05, 4.69) is 4.98 Å². The molecule has 0 amide bonds. The summed E-state index contributed by atoms with van der Waals surface area (Å²) < 4.78 is 28.4. The fourth-order valence-corrected chi connectivity index (χ4v) is 1.67. The first-order valence-electron chi connectivity index (χ1n) is 5.35. The van der Waals surface area contributed by atoms with Crippen molar-refractivity contribution in [3.8, 4) is 0 Å². The maximum Gasteiger partial charge on any atom is 0.231 e. The van der Waals surface area contributed by atoms with Gasteiger partial charge in [-0.25, -0.2) is 13.8 Å². The highest BCUT2D eigenvalue weighted by atomic mass is 19.1. The van der Waals surface area contributed by atoms with Crippen molar-refractivity contribution in [2.75, 3.05) is 5.73 Å². The van der Waals surface area contributed by atoms with Gasteiger partial charge < -0.3 is 10.3 Å². The Balaban J connectivity index is 2.53. The second-order valence-electron chi connectivity index (χ2n) is 3.72. The zero-order chi connectivity index (χ0) is 13.3. The molecular formula is C12H11F2N3O. The van der Waals surface area contributed by atoms with E-state index in [1.807, 2.05) is 6.92 Å². The molecule has 1 aromatic carbocycles. The molecule has 6 heteroatoms. The highest BCUT2D eigenvalue weighted by molar-refractivity contribution is 6.07. The van der Waals surface area contributed by atoms with Crippen LogP contribution in [0, 0.1) is 11.6 Å². The van der Waals surface area contributed by atoms with Gasteiger partial charge in [-0.05, 0) is 19.1 Å². The van der Waals surface area contributed by atoms with Crippen molar-refractivity contribution in [1.29, 1.82) is 0 Å². The highest BCUT2D eigenvalue weighted by Gasteiger charge is 2.21. The number of carbonyl (C=O) groups is 1. The average molecular weight is 251 g/mol. The van der Waals surface area contributed by atoms with Crippen molar-refractivity contribution in [2.24, 2.45) is 0 Å². The molecule has 0 fully saturated rings. The second-order valence-corrected chi connectivity index (χ2v) is 3.72. The molecule has 1 heterocycles. The number of rotatable bonds is 3. The minimum absolute atomic E-state index is 0.0569. The van der Waals surface area contributed by atoms with E-state index in [0.29, 0.717) is 6.54 Å². The third-order valence-electron chi connectivity index (χ3n) is 2.57. The van der Waals surface area contributed by atoms with Crippen LogP contribution in [0.2, 0.25) is 0 Å². The number of anilines is 1. The first kappa shape index (κ1) is 12.2. The third-order valence-corrected chi connectivity index (χ3v) is 2.57. The lowest BCUT2D eigenvalue weighted by molar-refractivity contribution is 0.102. The third kappa shape index (κ3) is 1.97. The van der Waals surface area contributed by atoms with Gasteiger partial charge in [0.1, 0.15) is 5.82 Å². The van der Waals surface area contributed by atoms with E-state index in [9.17, 15) is 13.6 Å². The summed E-state index contributed by atoms with van der Waals surface area (Å²) >= 11 is 0. The van der Waals surface area contributed by atoms with Crippen molar-refractivity contribution in [2.45, 2.75) is 13.5 Å². The second kappa shape index (κ2) is 4.56. The maximum atomic E-state index is 13.7. The number of hydrogen-bond acceptors (Lipinski definition) is 3. The number of imidazole rings is 1. The molecule has 94 valence electrons. The number of halogens is 2. The molecule has 0 aliphatic rings. The van der Waals surface area contributed by atoms with Gasteiger partial charge in [-0.2, -0.15) is 0 Å². The number of benzene rings is 1. The summed E-state index contributed by atoms with van der Waals surface area (Å²) in [6.45, 7) is 2.32. The Kier molecular flexibility index (Phi) is 3.10. The molecule has 2 aromatic rings. The van der Waals surface area contributed by atoms with Crippen molar-refractivity contribution in [3.05, 3.63) is 47.5 Å². The normalized spacial score (nSPS) is 10.6. The molecule has 0 aliphatic carbocycles. The molecular weight excluding hydrogens is 240 g/mol. The van der Waals surface area contributed by atoms with Crippen molar-refractivity contribution >= 4 is 11.5 Å². The lowest BCUT2D eigenvalue weighted by Gasteiger charge is -2.06. The lowest BCUT2D eigenvalue weighted by atomic mass is 10.1. The van der Waals surface area contributed by atoms with Crippen LogP contribution in [-0.4, -0.2) is 15.3 Å². The molecule has 0 spiro atoms. The smallest absolute Gasteiger partial charge is 0.231 e. The molecule has 4 nitrogen and oxygen atoms in total. The Morgan fingerprint density at radius 1 is 1.44 bits per heavy atom. The van der Waals surface area contributed by atoms with Crippen LogP contribution < -0.4 is 5.73 Å². The monoisotopic (exact) mass is 251 g/mol. The fraction of sp³-hybridized carbons (Fsp3) is 0.167. The van der Waals surface area contributed by atoms with Crippen molar-refractivity contribution < 1.29 is 13.6 Å². The molecule has 1 aromatic heterocycles. The number of carbonyl (C=O) groups excluding carboxylic acids is 1. The number of nitrogen functional groups attached to an aromatic ring is 1. The van der Waals surface area contributed by atoms with E-state index in [1.54, 1.807) is 10.8 Å². The van der Waals surface area contributed by atoms with Crippen LogP contribution >= 0.6 is 0 Å². The topological polar surface area (TPSA) is 60.9 Å². The molecule has 0 aliphatic heterocycles. The largest absolute Gasteiger partial charge is 0.396 e. The van der Waals surface area contributed by atoms with Gasteiger partial charge in [0, 0.05) is 18.9 Å². The number of aromatic nitrogens is 2. The van der Waals surface area contributed by atoms with Gasteiger partial charge in [0.05, 0.1) is 11.3 Å². The van der Waals surface area contributed by atoms with Crippen LogP contribution in [0.15, 0.2) is 24.5 Å². The molecule has 0 radical (unpaired) electrons. The maximum absolute atomic E-state index is 13.7. The minimum atomic E-state index is -0.924. The summed E-state index contributed by atoms with van der Waals surface area (Å²) in [4.78, 5) is 15.9. The van der Waals surface area contributed by atoms with Crippen molar-refractivity contribution in [3.63, 3.8) is 0 Å². The summed E-state index contributed by atoms with van der Waals surface area (Å²) in [5, 5.41) is 0. The number of aryl methyl sites for hydroxylation is 1. The fourth-order valence-electron chi connectivity index (χ4n) is 1.67. The van der Waals surface area contributed by atoms with Crippen molar-refractivity contribution in [1.82, 2.24) is 9.55 Å². The number of nitrogens with two attached hydrogens (primary N) is 1. The summed E-state index contributed by atoms with van der Waals surface area (Å²) in [7, 11) is 0. The van der Waals surface area contributed by atoms with E-state index < -0.39 is 28.7 Å². The van der Waals surface area contributed by atoms with Crippen LogP contribution in [0.3, 0.4) is 0 Å². The molecule has 0 atom stereocenters. The molecule has 0 saturated carbocycles. The predicted octanol–water partition coefficient (Wildman–Crippen LogP) is 1.99. The van der Waals surface area contributed by atoms with Gasteiger partial charge >= 0.3 is 0 Å². The Morgan fingerprint density at radius 3 is 2.83 bits per heavy atom. The van der Waals surface area contributed by atoms with E-state index in [-0.39, 0.29) is 5.82 Å². The number of nitrogens with zero attached hydrogens (tertiary/aromatic N) is 2. The van der Waals surface area contributed by atoms with Gasteiger partial charge in [-0.1, -0.05) is 0 Å². The summed E-state index contributed by atoms with van der Waals surface area (Å²) in [5.41, 5.74) is 4.48. The van der Waals surface area contributed by atoms with Gasteiger partial charge in [0.25, 0.3) is 0 Å². The molecule has 2 N–H and O–H groups in total. The Bertz CT molecular complexity index is 607. The van der Waals surface area contributed by atoms with Gasteiger partial charge in [-0.3, -0.25) is 4.79 Å². The standard InChI is InChI=1S/C12H11F2N3O/c1-2-17-4-3-16-12(17)11(18)8-5-7(13)6-9(15)10(8)14/h3-6H,2,15H2,1H3. The van der Waals surface area contributed by atoms with Crippen LogP contribution in [0.25, 0.3) is 0 Å². The first-order chi connectivity index (χ1) is 8.54. The molecule has 2 rings (SSSR count). The zero-order valence-electron chi connectivity index (χ0n) is 9.65. The van der Waals surface area contributed by atoms with E-state index in [1.165, 1.54) is 6.20 Å². The number of hydrogen-bond donors (Lipinski definition) is 1. The SMILES string of the molecule is CCn1ccnc1C(=O)c1cc(F)cc(N)c1F. The van der Waals surface area contributed by atoms with Crippen LogP contribution in [0.5, 0.6) is 0 Å². The van der Waals surface area contributed by atoms with Gasteiger partial charge in [0.2, 0.25) is 5.78 Å². The predicted molar refractivity (Wildman–Crippen MR) is 62.1 cm³/mol. The Morgan fingerprint density at radius 2 is 2.17 bits per heavy atom. The van der Waals surface area contributed by atoms with E-state index in [0.717, 1.165) is 12.1 Å². The van der Waals surface area contributed by atoms with Gasteiger partial charge in [-0.15, -0.1) is 0 Å². The van der Waals surface area contributed by atoms with Crippen LogP contribution in [0.4, 0.5) is 14.5 Å². The van der Waals surface area contributed by atoms with E-state index >= 15 is 0 Å². The van der Waals surface area contributed by atoms with Gasteiger partial charge in [0.15, 0.2) is 11.6 Å². The summed E-state index contributed by atoms with van der Waals surface area (Å²) in [6, 6.07) is 1.65. The lowest BCUT2D eigenvalue weighted by Crippen LogP contribution is -2.13. The zero-order valence-corrected chi connectivity index (χ0v) is 9.65. The van der Waals surface area contributed by atoms with E-state index in [4.69, 9.17) is 5.73 Å². The Labute approximate surface area is 102 Å². The highest BCUT2D eigenvalue weighted by Crippen LogP contribution is 2.20. The molecule has 0 unspecified atom stereocenters.